The first-order valence-corrected chi connectivity index (χ1v) is 11.6. The van der Waals surface area contributed by atoms with Crippen molar-refractivity contribution in [1.29, 1.82) is 0 Å². The quantitative estimate of drug-likeness (QED) is 0.674. The maximum atomic E-state index is 12.9. The van der Waals surface area contributed by atoms with Crippen molar-refractivity contribution >= 4 is 31.3 Å². The Labute approximate surface area is 149 Å². The number of carbonyl (C=O) groups excluding carboxylic acids is 1. The zero-order valence-electron chi connectivity index (χ0n) is 14.4. The molecule has 0 radical (unpaired) electrons. The van der Waals surface area contributed by atoms with Gasteiger partial charge in [0, 0.05) is 18.7 Å². The van der Waals surface area contributed by atoms with Crippen molar-refractivity contribution in [3.8, 4) is 0 Å². The van der Waals surface area contributed by atoms with Crippen LogP contribution in [0.3, 0.4) is 0 Å². The third-order valence-electron chi connectivity index (χ3n) is 4.14. The highest BCUT2D eigenvalue weighted by Crippen LogP contribution is 2.27. The molecule has 140 valence electrons. The van der Waals surface area contributed by atoms with Crippen molar-refractivity contribution in [1.82, 2.24) is 5.32 Å². The molecule has 1 saturated heterocycles. The molecule has 1 aromatic rings. The molecule has 1 fully saturated rings. The van der Waals surface area contributed by atoms with Crippen LogP contribution in [0.5, 0.6) is 0 Å². The lowest BCUT2D eigenvalue weighted by atomic mass is 10.2. The summed E-state index contributed by atoms with van der Waals surface area (Å²) in [6.07, 6.45) is 1.79. The number of amides is 1. The minimum atomic E-state index is -3.80. The second-order valence-electron chi connectivity index (χ2n) is 6.28. The van der Waals surface area contributed by atoms with Gasteiger partial charge in [-0.25, -0.2) is 16.8 Å². The van der Waals surface area contributed by atoms with Crippen molar-refractivity contribution < 1.29 is 21.6 Å². The lowest BCUT2D eigenvalue weighted by Crippen LogP contribution is -2.43. The summed E-state index contributed by atoms with van der Waals surface area (Å²) in [7, 11) is -7.19. The minimum absolute atomic E-state index is 0.0611. The van der Waals surface area contributed by atoms with Gasteiger partial charge in [-0.15, -0.1) is 0 Å². The van der Waals surface area contributed by atoms with Crippen LogP contribution < -0.4 is 10.6 Å². The van der Waals surface area contributed by atoms with Gasteiger partial charge in [0.15, 0.2) is 19.7 Å². The van der Waals surface area contributed by atoms with Crippen molar-refractivity contribution in [3.63, 3.8) is 0 Å². The molecule has 7 nitrogen and oxygen atoms in total. The number of unbranched alkanes of at least 4 members (excludes halogenated alkanes) is 1. The SMILES string of the molecule is CCCCN[C@H]1CS(=O)(=O)C[C@@H]1S(=O)(=O)c1ccc(NC(C)=O)cc1. The van der Waals surface area contributed by atoms with Crippen LogP contribution in [-0.2, 0) is 24.5 Å². The fourth-order valence-corrected chi connectivity index (χ4v) is 7.60. The van der Waals surface area contributed by atoms with E-state index in [1.807, 2.05) is 6.92 Å². The van der Waals surface area contributed by atoms with Gasteiger partial charge < -0.3 is 10.6 Å². The molecule has 0 unspecified atom stereocenters. The van der Waals surface area contributed by atoms with Gasteiger partial charge in [-0.05, 0) is 37.2 Å². The van der Waals surface area contributed by atoms with E-state index in [9.17, 15) is 21.6 Å². The molecule has 2 rings (SSSR count). The second kappa shape index (κ2) is 7.84. The number of carbonyl (C=O) groups is 1. The molecule has 2 atom stereocenters. The highest BCUT2D eigenvalue weighted by Gasteiger charge is 2.45. The highest BCUT2D eigenvalue weighted by molar-refractivity contribution is 7.96. The van der Waals surface area contributed by atoms with E-state index in [2.05, 4.69) is 10.6 Å². The summed E-state index contributed by atoms with van der Waals surface area (Å²) < 4.78 is 49.8. The Kier molecular flexibility index (Phi) is 6.23. The summed E-state index contributed by atoms with van der Waals surface area (Å²) in [4.78, 5) is 11.1. The Morgan fingerprint density at radius 2 is 1.84 bits per heavy atom. The molecule has 1 aliphatic rings. The molecule has 0 spiro atoms. The van der Waals surface area contributed by atoms with E-state index in [-0.39, 0.29) is 22.3 Å². The summed E-state index contributed by atoms with van der Waals surface area (Å²) in [6.45, 7) is 3.96. The largest absolute Gasteiger partial charge is 0.326 e. The average Bonchev–Trinajstić information content (AvgIpc) is 2.83. The fraction of sp³-hybridized carbons (Fsp3) is 0.562. The Morgan fingerprint density at radius 1 is 1.20 bits per heavy atom. The number of rotatable bonds is 7. The van der Waals surface area contributed by atoms with Gasteiger partial charge >= 0.3 is 0 Å². The average molecular weight is 389 g/mol. The Bertz CT molecular complexity index is 817. The van der Waals surface area contributed by atoms with Crippen LogP contribution in [-0.4, -0.2) is 52.1 Å². The number of nitrogens with one attached hydrogen (secondary N) is 2. The van der Waals surface area contributed by atoms with E-state index in [4.69, 9.17) is 0 Å². The van der Waals surface area contributed by atoms with E-state index < -0.39 is 31.0 Å². The third kappa shape index (κ3) is 5.02. The van der Waals surface area contributed by atoms with Crippen LogP contribution in [0.25, 0.3) is 0 Å². The molecule has 1 aromatic carbocycles. The van der Waals surface area contributed by atoms with Gasteiger partial charge in [-0.3, -0.25) is 4.79 Å². The maximum absolute atomic E-state index is 12.9. The molecular weight excluding hydrogens is 364 g/mol. The van der Waals surface area contributed by atoms with E-state index in [1.54, 1.807) is 0 Å². The van der Waals surface area contributed by atoms with Gasteiger partial charge in [0.05, 0.1) is 21.7 Å². The molecule has 2 N–H and O–H groups in total. The normalized spacial score (nSPS) is 22.6. The van der Waals surface area contributed by atoms with E-state index in [0.29, 0.717) is 12.2 Å². The zero-order chi connectivity index (χ0) is 18.7. The molecule has 1 aliphatic heterocycles. The van der Waals surface area contributed by atoms with Gasteiger partial charge in [0.25, 0.3) is 0 Å². The first kappa shape index (κ1) is 19.9. The van der Waals surface area contributed by atoms with Crippen LogP contribution in [0, 0.1) is 0 Å². The Hall–Kier alpha value is -1.45. The summed E-state index contributed by atoms with van der Waals surface area (Å²) in [5.41, 5.74) is 0.489. The van der Waals surface area contributed by atoms with Crippen molar-refractivity contribution in [3.05, 3.63) is 24.3 Å². The van der Waals surface area contributed by atoms with E-state index >= 15 is 0 Å². The lowest BCUT2D eigenvalue weighted by molar-refractivity contribution is -0.114. The summed E-state index contributed by atoms with van der Waals surface area (Å²) >= 11 is 0. The van der Waals surface area contributed by atoms with Gasteiger partial charge in [0.2, 0.25) is 5.91 Å². The second-order valence-corrected chi connectivity index (χ2v) is 10.6. The number of sulfone groups is 2. The predicted octanol–water partition coefficient (Wildman–Crippen LogP) is 0.974. The monoisotopic (exact) mass is 388 g/mol. The van der Waals surface area contributed by atoms with Crippen LogP contribution in [0.15, 0.2) is 29.2 Å². The maximum Gasteiger partial charge on any atom is 0.221 e. The van der Waals surface area contributed by atoms with Crippen LogP contribution in [0.4, 0.5) is 5.69 Å². The van der Waals surface area contributed by atoms with Crippen LogP contribution >= 0.6 is 0 Å². The summed E-state index contributed by atoms with van der Waals surface area (Å²) in [6, 6.07) is 5.19. The number of benzene rings is 1. The molecule has 0 aliphatic carbocycles. The van der Waals surface area contributed by atoms with Crippen LogP contribution in [0.2, 0.25) is 0 Å². The summed E-state index contributed by atoms with van der Waals surface area (Å²) in [5.74, 6) is -0.783. The first-order valence-electron chi connectivity index (χ1n) is 8.21. The fourth-order valence-electron chi connectivity index (χ4n) is 2.88. The summed E-state index contributed by atoms with van der Waals surface area (Å²) in [5, 5.41) is 4.65. The molecule has 0 saturated carbocycles. The van der Waals surface area contributed by atoms with Gasteiger partial charge in [-0.1, -0.05) is 13.3 Å². The number of hydrogen-bond donors (Lipinski definition) is 2. The standard InChI is InChI=1S/C16H24N2O5S2/c1-3-4-9-17-15-10-24(20,21)11-16(15)25(22,23)14-7-5-13(6-8-14)18-12(2)19/h5-8,15-17H,3-4,9-11H2,1-2H3,(H,18,19)/t15-,16-/m0/s1. The topological polar surface area (TPSA) is 109 Å². The van der Waals surface area contributed by atoms with Crippen LogP contribution in [0.1, 0.15) is 26.7 Å². The molecule has 1 heterocycles. The Balaban J connectivity index is 2.24. The molecule has 0 aromatic heterocycles. The number of hydrogen-bond acceptors (Lipinski definition) is 6. The molecule has 1 amide bonds. The Morgan fingerprint density at radius 3 is 2.40 bits per heavy atom. The molecule has 9 heteroatoms. The van der Waals surface area contributed by atoms with E-state index in [0.717, 1.165) is 12.8 Å². The first-order chi connectivity index (χ1) is 11.7. The van der Waals surface area contributed by atoms with Gasteiger partial charge in [0.1, 0.15) is 0 Å². The van der Waals surface area contributed by atoms with E-state index in [1.165, 1.54) is 31.2 Å². The zero-order valence-corrected chi connectivity index (χ0v) is 16.0. The predicted molar refractivity (Wildman–Crippen MR) is 97.1 cm³/mol. The lowest BCUT2D eigenvalue weighted by Gasteiger charge is -2.20. The number of anilines is 1. The van der Waals surface area contributed by atoms with Crippen molar-refractivity contribution in [2.75, 3.05) is 23.4 Å². The minimum Gasteiger partial charge on any atom is -0.326 e. The van der Waals surface area contributed by atoms with Crippen molar-refractivity contribution in [2.24, 2.45) is 0 Å². The van der Waals surface area contributed by atoms with Gasteiger partial charge in [-0.2, -0.15) is 0 Å². The smallest absolute Gasteiger partial charge is 0.221 e. The molecular formula is C16H24N2O5S2. The molecule has 25 heavy (non-hydrogen) atoms. The third-order valence-corrected chi connectivity index (χ3v) is 8.31. The van der Waals surface area contributed by atoms with Crippen molar-refractivity contribution in [2.45, 2.75) is 42.9 Å². The molecule has 0 bridgehead atoms. The highest BCUT2D eigenvalue weighted by atomic mass is 32.2.